The molecule has 0 bridgehead atoms. The zero-order chi connectivity index (χ0) is 20.7. The molecule has 2 nitrogen and oxygen atoms in total. The van der Waals surface area contributed by atoms with E-state index in [-0.39, 0.29) is 5.41 Å². The standard InChI is InChI=1S/C28H25NO/c1-28(2)26-17-15-23(30-3)19-25(26)24-16-14-22(18-27(24)28)29(20-10-6-4-7-11-20)21-12-8-5-9-13-21/h4-19H,1-3H3. The van der Waals surface area contributed by atoms with E-state index in [1.54, 1.807) is 7.11 Å². The summed E-state index contributed by atoms with van der Waals surface area (Å²) >= 11 is 0. The molecule has 4 aromatic rings. The summed E-state index contributed by atoms with van der Waals surface area (Å²) in [5.74, 6) is 0.900. The van der Waals surface area contributed by atoms with Gasteiger partial charge in [0.05, 0.1) is 7.11 Å². The molecule has 0 fully saturated rings. The topological polar surface area (TPSA) is 12.5 Å². The molecule has 0 unspecified atom stereocenters. The molecule has 0 heterocycles. The Morgan fingerprint density at radius 1 is 0.600 bits per heavy atom. The molecule has 0 aromatic heterocycles. The molecule has 1 aliphatic rings. The number of hydrogen-bond donors (Lipinski definition) is 0. The number of anilines is 3. The van der Waals surface area contributed by atoms with Crippen LogP contribution in [0.1, 0.15) is 25.0 Å². The molecule has 4 aromatic carbocycles. The molecule has 2 heteroatoms. The van der Waals surface area contributed by atoms with Crippen LogP contribution in [0.25, 0.3) is 11.1 Å². The first-order valence-corrected chi connectivity index (χ1v) is 10.3. The van der Waals surface area contributed by atoms with E-state index in [9.17, 15) is 0 Å². The van der Waals surface area contributed by atoms with Crippen molar-refractivity contribution >= 4 is 17.1 Å². The molecule has 148 valence electrons. The highest BCUT2D eigenvalue weighted by Crippen LogP contribution is 2.51. The maximum Gasteiger partial charge on any atom is 0.119 e. The highest BCUT2D eigenvalue weighted by Gasteiger charge is 2.36. The highest BCUT2D eigenvalue weighted by atomic mass is 16.5. The van der Waals surface area contributed by atoms with Crippen LogP contribution in [-0.2, 0) is 5.41 Å². The Hall–Kier alpha value is -3.52. The Bertz CT molecular complexity index is 1160. The van der Waals surface area contributed by atoms with Crippen LogP contribution in [0, 0.1) is 0 Å². The third-order valence-electron chi connectivity index (χ3n) is 6.15. The number of rotatable bonds is 4. The number of nitrogens with zero attached hydrogens (tertiary/aromatic N) is 1. The van der Waals surface area contributed by atoms with E-state index in [1.807, 2.05) is 0 Å². The lowest BCUT2D eigenvalue weighted by Crippen LogP contribution is -2.16. The van der Waals surface area contributed by atoms with Gasteiger partial charge < -0.3 is 9.64 Å². The zero-order valence-electron chi connectivity index (χ0n) is 17.6. The molecular weight excluding hydrogens is 366 g/mol. The van der Waals surface area contributed by atoms with Gasteiger partial charge >= 0.3 is 0 Å². The summed E-state index contributed by atoms with van der Waals surface area (Å²) in [6, 6.07) is 34.4. The van der Waals surface area contributed by atoms with Crippen LogP contribution in [0.4, 0.5) is 17.1 Å². The first-order valence-electron chi connectivity index (χ1n) is 10.3. The van der Waals surface area contributed by atoms with Crippen LogP contribution in [0.3, 0.4) is 0 Å². The number of hydrogen-bond acceptors (Lipinski definition) is 2. The molecule has 0 N–H and O–H groups in total. The Balaban J connectivity index is 1.69. The van der Waals surface area contributed by atoms with Crippen molar-refractivity contribution in [3.8, 4) is 16.9 Å². The van der Waals surface area contributed by atoms with Crippen molar-refractivity contribution in [3.05, 3.63) is 108 Å². The van der Waals surface area contributed by atoms with Gasteiger partial charge in [-0.3, -0.25) is 0 Å². The average Bonchev–Trinajstić information content (AvgIpc) is 3.02. The maximum absolute atomic E-state index is 5.49. The lowest BCUT2D eigenvalue weighted by Gasteiger charge is -2.28. The Labute approximate surface area is 178 Å². The van der Waals surface area contributed by atoms with E-state index in [0.717, 1.165) is 17.1 Å². The fraction of sp³-hybridized carbons (Fsp3) is 0.143. The van der Waals surface area contributed by atoms with Gasteiger partial charge in [-0.05, 0) is 70.8 Å². The SMILES string of the molecule is COc1ccc2c(c1)-c1ccc(N(c3ccccc3)c3ccccc3)cc1C2(C)C. The van der Waals surface area contributed by atoms with E-state index in [0.29, 0.717) is 0 Å². The molecule has 0 aliphatic heterocycles. The van der Waals surface area contributed by atoms with Crippen molar-refractivity contribution in [1.29, 1.82) is 0 Å². The third kappa shape index (κ3) is 2.88. The first kappa shape index (κ1) is 18.5. The smallest absolute Gasteiger partial charge is 0.119 e. The fourth-order valence-electron chi connectivity index (χ4n) is 4.59. The molecule has 0 saturated carbocycles. The minimum atomic E-state index is -0.0635. The van der Waals surface area contributed by atoms with Crippen LogP contribution in [0.15, 0.2) is 97.1 Å². The van der Waals surface area contributed by atoms with E-state index >= 15 is 0 Å². The van der Waals surface area contributed by atoms with E-state index < -0.39 is 0 Å². The number of methoxy groups -OCH3 is 1. The number of ether oxygens (including phenoxy) is 1. The molecule has 0 radical (unpaired) electrons. The molecule has 0 amide bonds. The Kier molecular flexibility index (Phi) is 4.36. The van der Waals surface area contributed by atoms with Crippen LogP contribution in [0.5, 0.6) is 5.75 Å². The van der Waals surface area contributed by atoms with Gasteiger partial charge in [0.25, 0.3) is 0 Å². The van der Waals surface area contributed by atoms with Gasteiger partial charge in [0.1, 0.15) is 5.75 Å². The summed E-state index contributed by atoms with van der Waals surface area (Å²) in [6.07, 6.45) is 0. The predicted molar refractivity (Wildman–Crippen MR) is 125 cm³/mol. The van der Waals surface area contributed by atoms with Crippen molar-refractivity contribution in [2.75, 3.05) is 12.0 Å². The second kappa shape index (κ2) is 7.07. The molecule has 0 spiro atoms. The van der Waals surface area contributed by atoms with Crippen molar-refractivity contribution in [1.82, 2.24) is 0 Å². The number of fused-ring (bicyclic) bond motifs is 3. The van der Waals surface area contributed by atoms with Crippen LogP contribution in [0.2, 0.25) is 0 Å². The minimum Gasteiger partial charge on any atom is -0.497 e. The van der Waals surface area contributed by atoms with Gasteiger partial charge in [0, 0.05) is 22.5 Å². The molecular formula is C28H25NO. The predicted octanol–water partition coefficient (Wildman–Crippen LogP) is 7.47. The zero-order valence-corrected chi connectivity index (χ0v) is 17.6. The van der Waals surface area contributed by atoms with Gasteiger partial charge in [-0.15, -0.1) is 0 Å². The number of benzene rings is 4. The van der Waals surface area contributed by atoms with Crippen molar-refractivity contribution in [2.45, 2.75) is 19.3 Å². The summed E-state index contributed by atoms with van der Waals surface area (Å²) in [5.41, 5.74) is 8.66. The lowest BCUT2D eigenvalue weighted by molar-refractivity contribution is 0.414. The first-order chi connectivity index (χ1) is 14.6. The number of para-hydroxylation sites is 2. The van der Waals surface area contributed by atoms with Crippen LogP contribution in [-0.4, -0.2) is 7.11 Å². The van der Waals surface area contributed by atoms with Gasteiger partial charge in [-0.25, -0.2) is 0 Å². The minimum absolute atomic E-state index is 0.0635. The fourth-order valence-corrected chi connectivity index (χ4v) is 4.59. The second-order valence-electron chi connectivity index (χ2n) is 8.27. The second-order valence-corrected chi connectivity index (χ2v) is 8.27. The molecule has 30 heavy (non-hydrogen) atoms. The molecule has 5 rings (SSSR count). The highest BCUT2D eigenvalue weighted by molar-refractivity contribution is 5.86. The molecule has 0 saturated heterocycles. The van der Waals surface area contributed by atoms with Gasteiger partial charge in [0.15, 0.2) is 0 Å². The Morgan fingerprint density at radius 3 is 1.83 bits per heavy atom. The summed E-state index contributed by atoms with van der Waals surface area (Å²) < 4.78 is 5.49. The van der Waals surface area contributed by atoms with Crippen molar-refractivity contribution in [2.24, 2.45) is 0 Å². The van der Waals surface area contributed by atoms with E-state index in [1.165, 1.54) is 27.9 Å². The normalized spacial score (nSPS) is 13.4. The summed E-state index contributed by atoms with van der Waals surface area (Å²) in [6.45, 7) is 4.62. The maximum atomic E-state index is 5.49. The monoisotopic (exact) mass is 391 g/mol. The summed E-state index contributed by atoms with van der Waals surface area (Å²) in [4.78, 5) is 2.32. The van der Waals surface area contributed by atoms with Gasteiger partial charge in [0.2, 0.25) is 0 Å². The quantitative estimate of drug-likeness (QED) is 0.358. The van der Waals surface area contributed by atoms with Crippen molar-refractivity contribution < 1.29 is 4.74 Å². The summed E-state index contributed by atoms with van der Waals surface area (Å²) in [7, 11) is 1.73. The molecule has 1 aliphatic carbocycles. The van der Waals surface area contributed by atoms with Gasteiger partial charge in [-0.1, -0.05) is 62.4 Å². The van der Waals surface area contributed by atoms with E-state index in [4.69, 9.17) is 4.74 Å². The molecule has 0 atom stereocenters. The van der Waals surface area contributed by atoms with Crippen LogP contribution >= 0.6 is 0 Å². The van der Waals surface area contributed by atoms with Crippen LogP contribution < -0.4 is 9.64 Å². The average molecular weight is 392 g/mol. The van der Waals surface area contributed by atoms with Gasteiger partial charge in [-0.2, -0.15) is 0 Å². The largest absolute Gasteiger partial charge is 0.497 e. The van der Waals surface area contributed by atoms with Crippen molar-refractivity contribution in [3.63, 3.8) is 0 Å². The third-order valence-corrected chi connectivity index (χ3v) is 6.15. The van der Waals surface area contributed by atoms with E-state index in [2.05, 4.69) is 116 Å². The lowest BCUT2D eigenvalue weighted by atomic mass is 9.82. The Morgan fingerprint density at radius 2 is 1.23 bits per heavy atom. The summed E-state index contributed by atoms with van der Waals surface area (Å²) in [5, 5.41) is 0.